The summed E-state index contributed by atoms with van der Waals surface area (Å²) in [7, 11) is -4.35. The molecule has 0 amide bonds. The lowest BCUT2D eigenvalue weighted by atomic mass is 9.92. The third-order valence-corrected chi connectivity index (χ3v) is 21.3. The maximum absolute atomic E-state index is 15.6. The van der Waals surface area contributed by atoms with E-state index in [1.54, 1.807) is 0 Å². The Morgan fingerprint density at radius 3 is 0.621 bits per heavy atom. The number of hydrogen-bond acceptors (Lipinski definition) is 4. The van der Waals surface area contributed by atoms with Crippen LogP contribution in [-0.2, 0) is 43.1 Å². The maximum Gasteiger partial charge on any atom is 0.647 e. The Hall–Kier alpha value is -5.05. The monoisotopic (exact) mass is 1310 g/mol. The number of benzene rings is 6. The predicted octanol–water partition coefficient (Wildman–Crippen LogP) is 30.1. The first-order chi connectivity index (χ1) is 46.8. The van der Waals surface area contributed by atoms with E-state index in [2.05, 4.69) is 133 Å². The van der Waals surface area contributed by atoms with Gasteiger partial charge in [-0.05, 0) is 180 Å². The fraction of sp³-hybridized carbons (Fsp3) is 0.600. The lowest BCUT2D eigenvalue weighted by Crippen LogP contribution is -2.07. The van der Waals surface area contributed by atoms with Gasteiger partial charge in [-0.25, -0.2) is 0 Å². The van der Waals surface area contributed by atoms with Crippen LogP contribution in [0.15, 0.2) is 127 Å². The molecule has 0 radical (unpaired) electrons. The number of phosphoric acid groups is 1. The van der Waals surface area contributed by atoms with Gasteiger partial charge in [0.2, 0.25) is 0 Å². The van der Waals surface area contributed by atoms with E-state index in [0.717, 1.165) is 55.2 Å². The molecule has 6 aromatic carbocycles. The van der Waals surface area contributed by atoms with Crippen molar-refractivity contribution in [2.45, 2.75) is 350 Å². The van der Waals surface area contributed by atoms with Gasteiger partial charge in [0.1, 0.15) is 17.2 Å². The minimum absolute atomic E-state index is 0.438. The molecule has 0 bridgehead atoms. The Bertz CT molecular complexity index is 2620. The molecule has 0 N–H and O–H groups in total. The summed E-state index contributed by atoms with van der Waals surface area (Å²) in [6.07, 6.45) is 61.5. The van der Waals surface area contributed by atoms with Crippen LogP contribution in [0.4, 0.5) is 0 Å². The van der Waals surface area contributed by atoms with Crippen molar-refractivity contribution in [3.8, 4) is 50.6 Å². The zero-order chi connectivity index (χ0) is 67.1. The highest BCUT2D eigenvalue weighted by molar-refractivity contribution is 7.49. The van der Waals surface area contributed by atoms with Crippen LogP contribution in [0.25, 0.3) is 33.4 Å². The zero-order valence-corrected chi connectivity index (χ0v) is 62.5. The molecule has 5 heteroatoms. The summed E-state index contributed by atoms with van der Waals surface area (Å²) >= 11 is 0. The first-order valence-electron chi connectivity index (χ1n) is 40.1. The van der Waals surface area contributed by atoms with Crippen LogP contribution in [0, 0.1) is 0 Å². The number of rotatable bonds is 57. The average Bonchev–Trinajstić information content (AvgIpc) is 0.854. The van der Waals surface area contributed by atoms with E-state index in [-0.39, 0.29) is 0 Å². The molecule has 6 aromatic rings. The highest BCUT2D eigenvalue weighted by Crippen LogP contribution is 2.51. The summed E-state index contributed by atoms with van der Waals surface area (Å²) in [4.78, 5) is 0. The van der Waals surface area contributed by atoms with E-state index in [1.165, 1.54) is 320 Å². The van der Waals surface area contributed by atoms with Crippen molar-refractivity contribution >= 4 is 7.82 Å². The molecule has 0 heterocycles. The molecule has 524 valence electrons. The molecule has 95 heavy (non-hydrogen) atoms. The second-order valence-electron chi connectivity index (χ2n) is 28.5. The molecule has 0 aliphatic rings. The molecular weight excluding hydrogens is 1180 g/mol. The number of phosphoric ester groups is 1. The second-order valence-corrected chi connectivity index (χ2v) is 29.9. The van der Waals surface area contributed by atoms with Crippen LogP contribution in [0.1, 0.15) is 345 Å². The Morgan fingerprint density at radius 1 is 0.221 bits per heavy atom. The van der Waals surface area contributed by atoms with Crippen molar-refractivity contribution in [2.24, 2.45) is 0 Å². The molecule has 0 spiro atoms. The van der Waals surface area contributed by atoms with E-state index in [9.17, 15) is 0 Å². The molecule has 0 unspecified atom stereocenters. The average molecular weight is 1310 g/mol. The maximum atomic E-state index is 15.6. The van der Waals surface area contributed by atoms with Crippen molar-refractivity contribution in [3.05, 3.63) is 161 Å². The van der Waals surface area contributed by atoms with Crippen LogP contribution >= 0.6 is 7.82 Å². The number of aryl methyl sites for hydroxylation is 6. The minimum Gasteiger partial charge on any atom is -0.386 e. The Morgan fingerprint density at radius 2 is 0.411 bits per heavy atom. The summed E-state index contributed by atoms with van der Waals surface area (Å²) in [5.41, 5.74) is 15.8. The topological polar surface area (TPSA) is 44.8 Å². The van der Waals surface area contributed by atoms with Gasteiger partial charge >= 0.3 is 7.82 Å². The fourth-order valence-electron chi connectivity index (χ4n) is 14.1. The van der Waals surface area contributed by atoms with Gasteiger partial charge < -0.3 is 13.6 Å². The molecule has 0 saturated carbocycles. The van der Waals surface area contributed by atoms with Gasteiger partial charge in [-0.15, -0.1) is 0 Å². The van der Waals surface area contributed by atoms with Crippen molar-refractivity contribution in [2.75, 3.05) is 0 Å². The van der Waals surface area contributed by atoms with Crippen LogP contribution < -0.4 is 13.6 Å². The zero-order valence-electron chi connectivity index (χ0n) is 61.6. The van der Waals surface area contributed by atoms with Crippen LogP contribution in [0.2, 0.25) is 0 Å². The van der Waals surface area contributed by atoms with Crippen molar-refractivity contribution in [1.29, 1.82) is 0 Å². The lowest BCUT2D eigenvalue weighted by Gasteiger charge is -2.20. The van der Waals surface area contributed by atoms with E-state index >= 15 is 4.57 Å². The third kappa shape index (κ3) is 32.0. The van der Waals surface area contributed by atoms with Gasteiger partial charge in [-0.3, -0.25) is 0 Å². The summed E-state index contributed by atoms with van der Waals surface area (Å²) in [5, 5.41) is 0. The number of unbranched alkanes of at least 4 members (excludes halogenated alkanes) is 36. The van der Waals surface area contributed by atoms with Crippen molar-refractivity contribution in [1.82, 2.24) is 0 Å². The first kappa shape index (κ1) is 78.9. The molecule has 6 rings (SSSR count). The Kier molecular flexibility index (Phi) is 41.1. The molecule has 0 atom stereocenters. The fourth-order valence-corrected chi connectivity index (χ4v) is 15.3. The van der Waals surface area contributed by atoms with Gasteiger partial charge in [0, 0.05) is 0 Å². The van der Waals surface area contributed by atoms with Gasteiger partial charge in [-0.1, -0.05) is 364 Å². The normalized spacial score (nSPS) is 11.6. The number of hydrogen-bond donors (Lipinski definition) is 0. The molecule has 0 fully saturated rings. The Labute approximate surface area is 583 Å². The van der Waals surface area contributed by atoms with E-state index in [0.29, 0.717) is 17.2 Å². The van der Waals surface area contributed by atoms with Crippen LogP contribution in [0.5, 0.6) is 17.2 Å². The minimum atomic E-state index is -4.35. The van der Waals surface area contributed by atoms with Crippen molar-refractivity contribution < 1.29 is 18.1 Å². The molecule has 0 aromatic heterocycles. The second kappa shape index (κ2) is 49.5. The molecular formula is C90H135O4P. The first-order valence-corrected chi connectivity index (χ1v) is 41.6. The summed E-state index contributed by atoms with van der Waals surface area (Å²) in [6, 6.07) is 46.0. The van der Waals surface area contributed by atoms with E-state index in [1.807, 2.05) is 36.4 Å². The predicted molar refractivity (Wildman–Crippen MR) is 415 cm³/mol. The van der Waals surface area contributed by atoms with Crippen molar-refractivity contribution in [3.63, 3.8) is 0 Å². The smallest absolute Gasteiger partial charge is 0.386 e. The largest absolute Gasteiger partial charge is 0.647 e. The van der Waals surface area contributed by atoms with Gasteiger partial charge in [0.15, 0.2) is 0 Å². The molecule has 0 aliphatic carbocycles. The molecule has 4 nitrogen and oxygen atoms in total. The summed E-state index contributed by atoms with van der Waals surface area (Å²) in [6.45, 7) is 13.8. The highest BCUT2D eigenvalue weighted by atomic mass is 31.2. The van der Waals surface area contributed by atoms with Gasteiger partial charge in [0.25, 0.3) is 0 Å². The summed E-state index contributed by atoms with van der Waals surface area (Å²) < 4.78 is 35.3. The van der Waals surface area contributed by atoms with Crippen LogP contribution in [0.3, 0.4) is 0 Å². The SMILES string of the molecule is CCCCCCCCCc1ccc(-c2ccc(OP(=O)(Oc3ccc(-c4ccc(CCCCCCCCC)cc4CCCCCCCCC)cc3)Oc3ccc(-c4ccc(CCCCCCCCC)cc4CCCCCCCCC)cc3)cc2)c(CCCCCCCCC)c1. The Balaban J connectivity index is 1.26. The van der Waals surface area contributed by atoms with Gasteiger partial charge in [-0.2, -0.15) is 4.57 Å². The van der Waals surface area contributed by atoms with Gasteiger partial charge in [0.05, 0.1) is 0 Å². The molecule has 0 saturated heterocycles. The third-order valence-electron chi connectivity index (χ3n) is 20.0. The molecule has 0 aliphatic heterocycles. The van der Waals surface area contributed by atoms with E-state index < -0.39 is 7.82 Å². The van der Waals surface area contributed by atoms with E-state index in [4.69, 9.17) is 13.6 Å². The highest BCUT2D eigenvalue weighted by Gasteiger charge is 2.33. The lowest BCUT2D eigenvalue weighted by molar-refractivity contribution is 0.298. The van der Waals surface area contributed by atoms with Crippen LogP contribution in [-0.4, -0.2) is 0 Å². The summed E-state index contributed by atoms with van der Waals surface area (Å²) in [5.74, 6) is 1.31. The standard InChI is InChI=1S/C90H135O4P/c1-7-13-19-25-31-37-43-49-76-55-70-88(82(73-76)52-46-40-34-28-22-16-10-4)79-58-64-85(65-59-79)92-95(91,93-86-66-60-80(61-67-86)89-71-56-77(50-44-38-32-26-20-14-8-2)74-83(89)53-47-41-35-29-23-17-11-5)94-87-68-62-81(63-69-87)90-72-57-78(51-45-39-33-27-21-15-9-3)75-84(90)54-48-42-36-30-24-18-12-6/h55-75H,7-54H2,1-6H3. The quantitative estimate of drug-likeness (QED) is 0.0282.